The summed E-state index contributed by atoms with van der Waals surface area (Å²) >= 11 is 0. The van der Waals surface area contributed by atoms with Crippen molar-refractivity contribution in [3.63, 3.8) is 0 Å². The van der Waals surface area contributed by atoms with Gasteiger partial charge in [0.05, 0.1) is 12.3 Å². The first kappa shape index (κ1) is 16.2. The van der Waals surface area contributed by atoms with Crippen molar-refractivity contribution >= 4 is 11.9 Å². The molecule has 0 aromatic heterocycles. The summed E-state index contributed by atoms with van der Waals surface area (Å²) in [6, 6.07) is 8.05. The van der Waals surface area contributed by atoms with Gasteiger partial charge in [0.15, 0.2) is 0 Å². The lowest BCUT2D eigenvalue weighted by atomic mass is 9.99. The Kier molecular flexibility index (Phi) is 5.72. The van der Waals surface area contributed by atoms with Gasteiger partial charge in [-0.1, -0.05) is 36.4 Å². The van der Waals surface area contributed by atoms with E-state index in [0.29, 0.717) is 0 Å². The molecule has 1 aromatic carbocycles. The molecule has 1 aromatic rings. The van der Waals surface area contributed by atoms with Crippen LogP contribution >= 0.6 is 0 Å². The molecule has 1 aliphatic rings. The van der Waals surface area contributed by atoms with Crippen LogP contribution in [0.1, 0.15) is 30.4 Å². The van der Waals surface area contributed by atoms with E-state index in [1.807, 2.05) is 19.1 Å². The smallest absolute Gasteiger partial charge is 0.305 e. The van der Waals surface area contributed by atoms with Gasteiger partial charge in [-0.3, -0.25) is 14.5 Å². The third-order valence-electron chi connectivity index (χ3n) is 3.81. The van der Waals surface area contributed by atoms with Gasteiger partial charge in [-0.05, 0) is 18.1 Å². The number of nitrogens with zero attached hydrogens (tertiary/aromatic N) is 1. The molecule has 0 aliphatic carbocycles. The molecule has 2 rings (SSSR count). The third-order valence-corrected chi connectivity index (χ3v) is 3.81. The first-order chi connectivity index (χ1) is 10.6. The number of aliphatic carboxylic acids is 1. The number of carbonyl (C=O) groups excluding carboxylic acids is 1. The molecule has 1 atom stereocenters. The van der Waals surface area contributed by atoms with Crippen molar-refractivity contribution in [3.8, 4) is 0 Å². The molecule has 5 heteroatoms. The Balaban J connectivity index is 1.85. The lowest BCUT2D eigenvalue weighted by molar-refractivity contribution is -0.136. The summed E-state index contributed by atoms with van der Waals surface area (Å²) in [5.74, 6) is -1.33. The number of carboxylic acid groups (broad SMARTS) is 1. The molecule has 5 nitrogen and oxygen atoms in total. The predicted molar refractivity (Wildman–Crippen MR) is 84.5 cm³/mol. The second-order valence-electron chi connectivity index (χ2n) is 5.56. The Bertz CT molecular complexity index is 544. The van der Waals surface area contributed by atoms with E-state index in [9.17, 15) is 9.59 Å². The van der Waals surface area contributed by atoms with Gasteiger partial charge in [-0.15, -0.1) is 0 Å². The number of hydrogen-bond donors (Lipinski definition) is 2. The molecule has 22 heavy (non-hydrogen) atoms. The summed E-state index contributed by atoms with van der Waals surface area (Å²) < 4.78 is 0. The molecule has 2 N–H and O–H groups in total. The first-order valence-electron chi connectivity index (χ1n) is 7.52. The molecule has 0 saturated carbocycles. The number of benzene rings is 1. The average molecular weight is 302 g/mol. The topological polar surface area (TPSA) is 69.6 Å². The van der Waals surface area contributed by atoms with Crippen LogP contribution in [-0.2, 0) is 16.1 Å². The van der Waals surface area contributed by atoms with Gasteiger partial charge in [0.25, 0.3) is 0 Å². The molecular formula is C17H22N2O3. The molecule has 0 radical (unpaired) electrons. The van der Waals surface area contributed by atoms with Crippen molar-refractivity contribution in [2.45, 2.75) is 25.8 Å². The second-order valence-corrected chi connectivity index (χ2v) is 5.56. The fourth-order valence-corrected chi connectivity index (χ4v) is 2.42. The van der Waals surface area contributed by atoms with E-state index in [1.165, 1.54) is 5.56 Å². The van der Waals surface area contributed by atoms with E-state index in [4.69, 9.17) is 5.11 Å². The average Bonchev–Trinajstić information content (AvgIpc) is 3.00. The number of amides is 1. The monoisotopic (exact) mass is 302 g/mol. The maximum atomic E-state index is 12.0. The quantitative estimate of drug-likeness (QED) is 0.753. The second kappa shape index (κ2) is 7.75. The highest BCUT2D eigenvalue weighted by molar-refractivity contribution is 5.83. The van der Waals surface area contributed by atoms with Crippen molar-refractivity contribution in [1.29, 1.82) is 0 Å². The van der Waals surface area contributed by atoms with Crippen LogP contribution in [0, 0.1) is 0 Å². The van der Waals surface area contributed by atoms with Crippen LogP contribution < -0.4 is 5.32 Å². The number of nitrogens with one attached hydrogen (secondary N) is 1. The summed E-state index contributed by atoms with van der Waals surface area (Å²) in [7, 11) is 0. The van der Waals surface area contributed by atoms with Gasteiger partial charge in [-0.25, -0.2) is 0 Å². The third kappa shape index (κ3) is 4.70. The fourth-order valence-electron chi connectivity index (χ4n) is 2.42. The fraction of sp³-hybridized carbons (Fsp3) is 0.412. The highest BCUT2D eigenvalue weighted by Gasteiger charge is 2.15. The van der Waals surface area contributed by atoms with Crippen LogP contribution in [0.2, 0.25) is 0 Å². The molecule has 0 fully saturated rings. The number of carbonyl (C=O) groups is 2. The normalized spacial score (nSPS) is 15.7. The lowest BCUT2D eigenvalue weighted by Gasteiger charge is -2.16. The van der Waals surface area contributed by atoms with E-state index in [2.05, 4.69) is 34.5 Å². The minimum atomic E-state index is -0.909. The van der Waals surface area contributed by atoms with Crippen molar-refractivity contribution in [3.05, 3.63) is 47.5 Å². The zero-order chi connectivity index (χ0) is 15.9. The minimum absolute atomic E-state index is 0.0543. The SMILES string of the molecule is CC(C(=O)NCCC(=O)O)c1ccc(CN2CC=CC2)cc1. The molecule has 0 bridgehead atoms. The van der Waals surface area contributed by atoms with Crippen molar-refractivity contribution in [2.75, 3.05) is 19.6 Å². The van der Waals surface area contributed by atoms with Crippen molar-refractivity contribution < 1.29 is 14.7 Å². The lowest BCUT2D eigenvalue weighted by Crippen LogP contribution is -2.30. The Morgan fingerprint density at radius 1 is 1.23 bits per heavy atom. The van der Waals surface area contributed by atoms with E-state index in [-0.39, 0.29) is 24.8 Å². The van der Waals surface area contributed by atoms with Crippen LogP contribution in [0.4, 0.5) is 0 Å². The minimum Gasteiger partial charge on any atom is -0.481 e. The summed E-state index contributed by atoms with van der Waals surface area (Å²) in [6.07, 6.45) is 4.27. The molecule has 0 saturated heterocycles. The predicted octanol–water partition coefficient (Wildman–Crippen LogP) is 1.75. The van der Waals surface area contributed by atoms with Crippen molar-refractivity contribution in [2.24, 2.45) is 0 Å². The van der Waals surface area contributed by atoms with E-state index in [1.54, 1.807) is 0 Å². The van der Waals surface area contributed by atoms with E-state index in [0.717, 1.165) is 25.2 Å². The molecule has 1 unspecified atom stereocenters. The van der Waals surface area contributed by atoms with Gasteiger partial charge >= 0.3 is 5.97 Å². The van der Waals surface area contributed by atoms with Crippen LogP contribution in [0.15, 0.2) is 36.4 Å². The van der Waals surface area contributed by atoms with Gasteiger partial charge in [0.2, 0.25) is 5.91 Å². The number of rotatable bonds is 7. The van der Waals surface area contributed by atoms with Gasteiger partial charge in [0.1, 0.15) is 0 Å². The Labute approximate surface area is 130 Å². The highest BCUT2D eigenvalue weighted by atomic mass is 16.4. The summed E-state index contributed by atoms with van der Waals surface area (Å²) in [6.45, 7) is 4.88. The Morgan fingerprint density at radius 3 is 2.45 bits per heavy atom. The van der Waals surface area contributed by atoms with Gasteiger partial charge < -0.3 is 10.4 Å². The van der Waals surface area contributed by atoms with E-state index >= 15 is 0 Å². The van der Waals surface area contributed by atoms with Crippen LogP contribution in [0.3, 0.4) is 0 Å². The van der Waals surface area contributed by atoms with Crippen LogP contribution in [0.5, 0.6) is 0 Å². The summed E-state index contributed by atoms with van der Waals surface area (Å²) in [5, 5.41) is 11.2. The Morgan fingerprint density at radius 2 is 1.86 bits per heavy atom. The molecule has 0 spiro atoms. The molecule has 1 aliphatic heterocycles. The highest BCUT2D eigenvalue weighted by Crippen LogP contribution is 2.17. The molecule has 1 amide bonds. The number of carboxylic acids is 1. The Hall–Kier alpha value is -2.14. The number of hydrogen-bond acceptors (Lipinski definition) is 3. The van der Waals surface area contributed by atoms with Crippen LogP contribution in [-0.4, -0.2) is 41.5 Å². The molecule has 118 valence electrons. The largest absolute Gasteiger partial charge is 0.481 e. The standard InChI is InChI=1S/C17H22N2O3/c1-13(17(22)18-9-8-16(20)21)15-6-4-14(5-7-15)12-19-10-2-3-11-19/h2-7,13H,8-12H2,1H3,(H,18,22)(H,20,21). The van der Waals surface area contributed by atoms with Gasteiger partial charge in [-0.2, -0.15) is 0 Å². The summed E-state index contributed by atoms with van der Waals surface area (Å²) in [5.41, 5.74) is 2.17. The summed E-state index contributed by atoms with van der Waals surface area (Å²) in [4.78, 5) is 24.7. The molecular weight excluding hydrogens is 280 g/mol. The van der Waals surface area contributed by atoms with E-state index < -0.39 is 5.97 Å². The first-order valence-corrected chi connectivity index (χ1v) is 7.52. The zero-order valence-corrected chi connectivity index (χ0v) is 12.8. The molecule has 1 heterocycles. The van der Waals surface area contributed by atoms with Crippen molar-refractivity contribution in [1.82, 2.24) is 10.2 Å². The maximum absolute atomic E-state index is 12.0. The maximum Gasteiger partial charge on any atom is 0.305 e. The zero-order valence-electron chi connectivity index (χ0n) is 12.8. The van der Waals surface area contributed by atoms with Crippen LogP contribution in [0.25, 0.3) is 0 Å². The van der Waals surface area contributed by atoms with Gasteiger partial charge in [0, 0.05) is 26.2 Å².